The summed E-state index contributed by atoms with van der Waals surface area (Å²) in [6.45, 7) is 7.32. The van der Waals surface area contributed by atoms with Crippen molar-refractivity contribution in [3.05, 3.63) is 0 Å². The zero-order chi connectivity index (χ0) is 10.2. The Kier molecular flexibility index (Phi) is 2.91. The lowest BCUT2D eigenvalue weighted by Crippen LogP contribution is -2.13. The smallest absolute Gasteiger partial charge is 0.0326 e. The molecule has 0 aliphatic heterocycles. The van der Waals surface area contributed by atoms with Crippen molar-refractivity contribution in [2.75, 3.05) is 0 Å². The van der Waals surface area contributed by atoms with E-state index in [1.165, 1.54) is 44.9 Å². The van der Waals surface area contributed by atoms with E-state index in [1.807, 2.05) is 0 Å². The topological polar surface area (TPSA) is 0 Å². The van der Waals surface area contributed by atoms with Gasteiger partial charge in [-0.25, -0.2) is 0 Å². The van der Waals surface area contributed by atoms with Gasteiger partial charge in [0.25, 0.3) is 0 Å². The predicted molar refractivity (Wildman–Crippen MR) is 62.2 cm³/mol. The Hall–Kier alpha value is 0. The summed E-state index contributed by atoms with van der Waals surface area (Å²) in [5.41, 5.74) is 0.705. The highest BCUT2D eigenvalue weighted by Gasteiger charge is 2.39. The molecular formula is C14H26. The molecule has 14 heavy (non-hydrogen) atoms. The Balaban J connectivity index is 1.89. The first-order valence-electron chi connectivity index (χ1n) is 6.63. The van der Waals surface area contributed by atoms with E-state index in [2.05, 4.69) is 20.8 Å². The molecule has 0 aromatic rings. The molecule has 2 saturated carbocycles. The molecule has 0 radical (unpaired) electrons. The molecule has 2 aliphatic carbocycles. The molecule has 0 heterocycles. The van der Waals surface area contributed by atoms with Crippen molar-refractivity contribution < 1.29 is 0 Å². The molecule has 0 amide bonds. The molecule has 0 N–H and O–H groups in total. The fourth-order valence-electron chi connectivity index (χ4n) is 3.77. The van der Waals surface area contributed by atoms with Crippen molar-refractivity contribution in [1.29, 1.82) is 0 Å². The van der Waals surface area contributed by atoms with Gasteiger partial charge in [-0.15, -0.1) is 0 Å². The van der Waals surface area contributed by atoms with E-state index in [4.69, 9.17) is 0 Å². The van der Waals surface area contributed by atoms with Crippen LogP contribution in [-0.2, 0) is 0 Å². The van der Waals surface area contributed by atoms with Crippen LogP contribution >= 0.6 is 0 Å². The van der Waals surface area contributed by atoms with Crippen LogP contribution in [0.2, 0.25) is 0 Å². The monoisotopic (exact) mass is 194 g/mol. The maximum Gasteiger partial charge on any atom is -0.0326 e. The molecule has 0 aromatic heterocycles. The summed E-state index contributed by atoms with van der Waals surface area (Å²) in [5.74, 6) is 3.21. The summed E-state index contributed by atoms with van der Waals surface area (Å²) in [5, 5.41) is 0. The fraction of sp³-hybridized carbons (Fsp3) is 1.00. The van der Waals surface area contributed by atoms with Crippen LogP contribution < -0.4 is 0 Å². The number of rotatable bonds is 2. The van der Waals surface area contributed by atoms with Gasteiger partial charge in [0.15, 0.2) is 0 Å². The van der Waals surface area contributed by atoms with Crippen LogP contribution in [0, 0.1) is 23.2 Å². The molecule has 0 saturated heterocycles. The molecule has 0 heteroatoms. The molecule has 4 atom stereocenters. The minimum Gasteiger partial charge on any atom is -0.0649 e. The third-order valence-electron chi connectivity index (χ3n) is 5.13. The highest BCUT2D eigenvalue weighted by atomic mass is 14.4. The average Bonchev–Trinajstić information content (AvgIpc) is 2.73. The number of hydrogen-bond acceptors (Lipinski definition) is 0. The third kappa shape index (κ3) is 1.99. The average molecular weight is 194 g/mol. The van der Waals surface area contributed by atoms with E-state index in [0.29, 0.717) is 5.41 Å². The van der Waals surface area contributed by atoms with Gasteiger partial charge in [0.05, 0.1) is 0 Å². The largest absolute Gasteiger partial charge is 0.0649 e. The second-order valence-electron chi connectivity index (χ2n) is 6.35. The molecule has 2 rings (SSSR count). The zero-order valence-electron chi connectivity index (χ0n) is 10.2. The Morgan fingerprint density at radius 2 is 1.93 bits per heavy atom. The normalized spacial score (nSPS) is 48.6. The summed E-state index contributed by atoms with van der Waals surface area (Å²) >= 11 is 0. The van der Waals surface area contributed by atoms with Crippen LogP contribution in [0.5, 0.6) is 0 Å². The van der Waals surface area contributed by atoms with Crippen LogP contribution in [0.4, 0.5) is 0 Å². The van der Waals surface area contributed by atoms with Crippen LogP contribution in [0.25, 0.3) is 0 Å². The molecule has 82 valence electrons. The molecule has 2 aliphatic rings. The fourth-order valence-corrected chi connectivity index (χ4v) is 3.77. The highest BCUT2D eigenvalue weighted by molar-refractivity contribution is 4.90. The van der Waals surface area contributed by atoms with E-state index >= 15 is 0 Å². The van der Waals surface area contributed by atoms with E-state index in [1.54, 1.807) is 0 Å². The summed E-state index contributed by atoms with van der Waals surface area (Å²) in [4.78, 5) is 0. The van der Waals surface area contributed by atoms with Crippen LogP contribution in [-0.4, -0.2) is 0 Å². The molecule has 4 unspecified atom stereocenters. The molecule has 0 aromatic carbocycles. The zero-order valence-corrected chi connectivity index (χ0v) is 10.2. The van der Waals surface area contributed by atoms with Gasteiger partial charge in [-0.2, -0.15) is 0 Å². The summed E-state index contributed by atoms with van der Waals surface area (Å²) < 4.78 is 0. The minimum atomic E-state index is 0.705. The SMILES string of the molecule is CCC1(C)CCC(C2CCC(C)C2)C1. The van der Waals surface area contributed by atoms with Gasteiger partial charge in [0.1, 0.15) is 0 Å². The van der Waals surface area contributed by atoms with E-state index in [9.17, 15) is 0 Å². The first-order valence-corrected chi connectivity index (χ1v) is 6.63. The maximum atomic E-state index is 2.51. The Morgan fingerprint density at radius 1 is 1.14 bits per heavy atom. The lowest BCUT2D eigenvalue weighted by Gasteiger charge is -2.24. The predicted octanol–water partition coefficient (Wildman–Crippen LogP) is 4.64. The summed E-state index contributed by atoms with van der Waals surface area (Å²) in [6, 6.07) is 0. The van der Waals surface area contributed by atoms with Crippen LogP contribution in [0.1, 0.15) is 65.7 Å². The summed E-state index contributed by atoms with van der Waals surface area (Å²) in [6.07, 6.45) is 10.5. The van der Waals surface area contributed by atoms with Gasteiger partial charge in [-0.3, -0.25) is 0 Å². The lowest BCUT2D eigenvalue weighted by atomic mass is 9.82. The molecule has 0 nitrogen and oxygen atoms in total. The first-order chi connectivity index (χ1) is 6.63. The van der Waals surface area contributed by atoms with Crippen LogP contribution in [0.15, 0.2) is 0 Å². The summed E-state index contributed by atoms with van der Waals surface area (Å²) in [7, 11) is 0. The van der Waals surface area contributed by atoms with E-state index < -0.39 is 0 Å². The van der Waals surface area contributed by atoms with Gasteiger partial charge >= 0.3 is 0 Å². The second-order valence-corrected chi connectivity index (χ2v) is 6.35. The molecule has 0 bridgehead atoms. The first kappa shape index (κ1) is 10.5. The van der Waals surface area contributed by atoms with Crippen molar-refractivity contribution in [2.24, 2.45) is 23.2 Å². The quantitative estimate of drug-likeness (QED) is 0.601. The van der Waals surface area contributed by atoms with Crippen LogP contribution in [0.3, 0.4) is 0 Å². The maximum absolute atomic E-state index is 2.51. The van der Waals surface area contributed by atoms with E-state index in [0.717, 1.165) is 17.8 Å². The van der Waals surface area contributed by atoms with Gasteiger partial charge in [0.2, 0.25) is 0 Å². The Labute approximate surface area is 89.5 Å². The van der Waals surface area contributed by atoms with Crippen molar-refractivity contribution in [3.8, 4) is 0 Å². The molecule has 0 spiro atoms. The molecule has 2 fully saturated rings. The van der Waals surface area contributed by atoms with Crippen molar-refractivity contribution >= 4 is 0 Å². The van der Waals surface area contributed by atoms with Gasteiger partial charge in [-0.1, -0.05) is 33.6 Å². The van der Waals surface area contributed by atoms with Gasteiger partial charge in [0, 0.05) is 0 Å². The minimum absolute atomic E-state index is 0.705. The standard InChI is InChI=1S/C14H26/c1-4-14(3)8-7-13(10-14)12-6-5-11(2)9-12/h11-13H,4-10H2,1-3H3. The van der Waals surface area contributed by atoms with Crippen molar-refractivity contribution in [2.45, 2.75) is 65.7 Å². The number of hydrogen-bond donors (Lipinski definition) is 0. The van der Waals surface area contributed by atoms with Crippen molar-refractivity contribution in [1.82, 2.24) is 0 Å². The van der Waals surface area contributed by atoms with Gasteiger partial charge in [-0.05, 0) is 55.3 Å². The van der Waals surface area contributed by atoms with Gasteiger partial charge < -0.3 is 0 Å². The van der Waals surface area contributed by atoms with Crippen molar-refractivity contribution in [3.63, 3.8) is 0 Å². The third-order valence-corrected chi connectivity index (χ3v) is 5.13. The Morgan fingerprint density at radius 3 is 2.43 bits per heavy atom. The lowest BCUT2D eigenvalue weighted by molar-refractivity contribution is 0.268. The highest BCUT2D eigenvalue weighted by Crippen LogP contribution is 2.50. The van der Waals surface area contributed by atoms with E-state index in [-0.39, 0.29) is 0 Å². The second kappa shape index (κ2) is 3.87. The Bertz CT molecular complexity index is 196. The molecular weight excluding hydrogens is 168 g/mol.